The highest BCUT2D eigenvalue weighted by molar-refractivity contribution is 7.84. The van der Waals surface area contributed by atoms with E-state index in [1.54, 1.807) is 12.5 Å². The number of hydrogen-bond donors (Lipinski definition) is 2. The van der Waals surface area contributed by atoms with E-state index in [1.165, 1.54) is 0 Å². The Morgan fingerprint density at radius 2 is 2.36 bits per heavy atom. The van der Waals surface area contributed by atoms with Crippen LogP contribution < -0.4 is 10.6 Å². The fraction of sp³-hybridized carbons (Fsp3) is 0.444. The maximum Gasteiger partial charge on any atom is 0.127 e. The first kappa shape index (κ1) is 11.0. The summed E-state index contributed by atoms with van der Waals surface area (Å²) in [5.41, 5.74) is 0.995. The number of anilines is 2. The summed E-state index contributed by atoms with van der Waals surface area (Å²) in [7, 11) is 1.09. The molecule has 5 heteroatoms. The molecule has 1 unspecified atom stereocenters. The van der Waals surface area contributed by atoms with E-state index in [0.29, 0.717) is 5.75 Å². The Balaban J connectivity index is 2.46. The number of nitrogens with zero attached hydrogens (tertiary/aromatic N) is 1. The van der Waals surface area contributed by atoms with E-state index in [1.807, 2.05) is 19.2 Å². The molecule has 0 radical (unpaired) electrons. The zero-order valence-electron chi connectivity index (χ0n) is 8.41. The standard InChI is InChI=1S/C9H15N3OS/c1-10-9-7-8(3-4-12-9)11-5-6-14(2)13/h3-4,7H,5-6H2,1-2H3,(H2,10,11,12). The highest BCUT2D eigenvalue weighted by Gasteiger charge is 1.95. The van der Waals surface area contributed by atoms with Crippen molar-refractivity contribution < 1.29 is 4.21 Å². The average molecular weight is 213 g/mol. The number of pyridine rings is 1. The molecular formula is C9H15N3OS. The van der Waals surface area contributed by atoms with Crippen LogP contribution in [0.5, 0.6) is 0 Å². The molecule has 78 valence electrons. The monoisotopic (exact) mass is 213 g/mol. The molecule has 0 amide bonds. The predicted molar refractivity (Wildman–Crippen MR) is 61.2 cm³/mol. The number of rotatable bonds is 5. The first-order valence-corrected chi connectivity index (χ1v) is 6.13. The molecule has 4 nitrogen and oxygen atoms in total. The summed E-state index contributed by atoms with van der Waals surface area (Å²) in [6.07, 6.45) is 3.43. The second kappa shape index (κ2) is 5.59. The summed E-state index contributed by atoms with van der Waals surface area (Å²) in [4.78, 5) is 4.09. The van der Waals surface area contributed by atoms with Crippen LogP contribution >= 0.6 is 0 Å². The number of aromatic nitrogens is 1. The van der Waals surface area contributed by atoms with Gasteiger partial charge >= 0.3 is 0 Å². The fourth-order valence-electron chi connectivity index (χ4n) is 1.02. The van der Waals surface area contributed by atoms with Gasteiger partial charge in [0.15, 0.2) is 0 Å². The molecule has 0 aliphatic heterocycles. The minimum absolute atomic E-state index is 0.664. The summed E-state index contributed by atoms with van der Waals surface area (Å²) < 4.78 is 10.8. The number of hydrogen-bond acceptors (Lipinski definition) is 4. The lowest BCUT2D eigenvalue weighted by molar-refractivity contribution is 0.687. The zero-order valence-corrected chi connectivity index (χ0v) is 9.23. The average Bonchev–Trinajstić information content (AvgIpc) is 2.18. The molecule has 1 rings (SSSR count). The highest BCUT2D eigenvalue weighted by Crippen LogP contribution is 2.10. The van der Waals surface area contributed by atoms with Crippen LogP contribution in [-0.4, -0.2) is 34.8 Å². The van der Waals surface area contributed by atoms with E-state index in [-0.39, 0.29) is 0 Å². The van der Waals surface area contributed by atoms with Crippen LogP contribution in [0.25, 0.3) is 0 Å². The third-order valence-electron chi connectivity index (χ3n) is 1.73. The summed E-state index contributed by atoms with van der Waals surface area (Å²) in [6.45, 7) is 0.719. The largest absolute Gasteiger partial charge is 0.384 e. The topological polar surface area (TPSA) is 54.0 Å². The van der Waals surface area contributed by atoms with Gasteiger partial charge in [-0.05, 0) is 6.07 Å². The van der Waals surface area contributed by atoms with E-state index in [0.717, 1.165) is 18.1 Å². The maximum absolute atomic E-state index is 10.8. The molecule has 1 atom stereocenters. The zero-order chi connectivity index (χ0) is 10.4. The van der Waals surface area contributed by atoms with Crippen LogP contribution in [0.2, 0.25) is 0 Å². The molecule has 0 spiro atoms. The Hall–Kier alpha value is -1.10. The van der Waals surface area contributed by atoms with Crippen LogP contribution in [0.3, 0.4) is 0 Å². The van der Waals surface area contributed by atoms with Gasteiger partial charge in [0.05, 0.1) is 0 Å². The molecule has 0 bridgehead atoms. The molecule has 0 aliphatic rings. The quantitative estimate of drug-likeness (QED) is 0.763. The van der Waals surface area contributed by atoms with Crippen LogP contribution in [0, 0.1) is 0 Å². The smallest absolute Gasteiger partial charge is 0.127 e. The molecule has 0 aromatic carbocycles. The van der Waals surface area contributed by atoms with Crippen molar-refractivity contribution in [2.45, 2.75) is 0 Å². The van der Waals surface area contributed by atoms with E-state index >= 15 is 0 Å². The second-order valence-corrected chi connectivity index (χ2v) is 4.44. The minimum atomic E-state index is -0.740. The SMILES string of the molecule is CNc1cc(NCCS(C)=O)ccn1. The van der Waals surface area contributed by atoms with Gasteiger partial charge in [-0.15, -0.1) is 0 Å². The van der Waals surface area contributed by atoms with Gasteiger partial charge in [0.1, 0.15) is 5.82 Å². The van der Waals surface area contributed by atoms with Gasteiger partial charge in [0, 0.05) is 54.4 Å². The third-order valence-corrected chi connectivity index (χ3v) is 2.51. The van der Waals surface area contributed by atoms with Gasteiger partial charge in [-0.25, -0.2) is 4.98 Å². The van der Waals surface area contributed by atoms with Crippen LogP contribution in [0.1, 0.15) is 0 Å². The predicted octanol–water partition coefficient (Wildman–Crippen LogP) is 0.914. The Morgan fingerprint density at radius 1 is 1.57 bits per heavy atom. The van der Waals surface area contributed by atoms with Crippen molar-refractivity contribution in [3.05, 3.63) is 18.3 Å². The molecule has 0 saturated carbocycles. The summed E-state index contributed by atoms with van der Waals surface area (Å²) in [6, 6.07) is 3.80. The first-order chi connectivity index (χ1) is 6.72. The molecular weight excluding hydrogens is 198 g/mol. The van der Waals surface area contributed by atoms with Crippen LogP contribution in [-0.2, 0) is 10.8 Å². The Bertz CT molecular complexity index is 317. The second-order valence-electron chi connectivity index (χ2n) is 2.88. The van der Waals surface area contributed by atoms with Gasteiger partial charge in [0.25, 0.3) is 0 Å². The van der Waals surface area contributed by atoms with E-state index < -0.39 is 10.8 Å². The highest BCUT2D eigenvalue weighted by atomic mass is 32.2. The van der Waals surface area contributed by atoms with Crippen molar-refractivity contribution in [3.8, 4) is 0 Å². The lowest BCUT2D eigenvalue weighted by Gasteiger charge is -2.06. The summed E-state index contributed by atoms with van der Waals surface area (Å²) >= 11 is 0. The van der Waals surface area contributed by atoms with Crippen molar-refractivity contribution in [2.24, 2.45) is 0 Å². The van der Waals surface area contributed by atoms with Crippen molar-refractivity contribution in [2.75, 3.05) is 36.2 Å². The lowest BCUT2D eigenvalue weighted by Crippen LogP contribution is -2.09. The normalized spacial score (nSPS) is 12.1. The van der Waals surface area contributed by atoms with Gasteiger partial charge < -0.3 is 10.6 Å². The molecule has 2 N–H and O–H groups in total. The molecule has 1 aromatic heterocycles. The molecule has 14 heavy (non-hydrogen) atoms. The Kier molecular flexibility index (Phi) is 4.39. The summed E-state index contributed by atoms with van der Waals surface area (Å²) in [5.74, 6) is 1.49. The maximum atomic E-state index is 10.8. The third kappa shape index (κ3) is 3.74. The summed E-state index contributed by atoms with van der Waals surface area (Å²) in [5, 5.41) is 6.13. The first-order valence-electron chi connectivity index (χ1n) is 4.40. The van der Waals surface area contributed by atoms with E-state index in [2.05, 4.69) is 15.6 Å². The molecule has 0 fully saturated rings. The van der Waals surface area contributed by atoms with Crippen molar-refractivity contribution in [1.82, 2.24) is 4.98 Å². The van der Waals surface area contributed by atoms with Crippen LogP contribution in [0.4, 0.5) is 11.5 Å². The van der Waals surface area contributed by atoms with E-state index in [4.69, 9.17) is 0 Å². The molecule has 1 aromatic rings. The van der Waals surface area contributed by atoms with Gasteiger partial charge in [-0.3, -0.25) is 4.21 Å². The fourth-order valence-corrected chi connectivity index (χ4v) is 1.41. The van der Waals surface area contributed by atoms with Crippen LogP contribution in [0.15, 0.2) is 18.3 Å². The molecule has 0 aliphatic carbocycles. The Labute approximate surface area is 86.6 Å². The van der Waals surface area contributed by atoms with Crippen molar-refractivity contribution >= 4 is 22.3 Å². The minimum Gasteiger partial charge on any atom is -0.384 e. The number of nitrogens with one attached hydrogen (secondary N) is 2. The van der Waals surface area contributed by atoms with Crippen molar-refractivity contribution in [3.63, 3.8) is 0 Å². The van der Waals surface area contributed by atoms with Crippen molar-refractivity contribution in [1.29, 1.82) is 0 Å². The van der Waals surface area contributed by atoms with Gasteiger partial charge in [-0.1, -0.05) is 0 Å². The van der Waals surface area contributed by atoms with E-state index in [9.17, 15) is 4.21 Å². The molecule has 1 heterocycles. The lowest BCUT2D eigenvalue weighted by atomic mass is 10.4. The van der Waals surface area contributed by atoms with Gasteiger partial charge in [0.2, 0.25) is 0 Å². The molecule has 0 saturated heterocycles. The Morgan fingerprint density at radius 3 is 3.00 bits per heavy atom. The van der Waals surface area contributed by atoms with Gasteiger partial charge in [-0.2, -0.15) is 0 Å².